The van der Waals surface area contributed by atoms with Crippen molar-refractivity contribution < 1.29 is 9.90 Å². The Bertz CT molecular complexity index is 1490. The number of aromatic nitrogens is 4. The van der Waals surface area contributed by atoms with Gasteiger partial charge in [0.05, 0.1) is 12.1 Å². The third-order valence-electron chi connectivity index (χ3n) is 8.55. The molecule has 2 N–H and O–H groups in total. The monoisotopic (exact) mass is 538 g/mol. The molecule has 40 heavy (non-hydrogen) atoms. The number of fused-ring (bicyclic) bond motifs is 1. The van der Waals surface area contributed by atoms with Crippen molar-refractivity contribution >= 4 is 22.9 Å². The number of carbonyl (C=O) groups excluding carboxylic acids is 1. The second kappa shape index (κ2) is 11.0. The summed E-state index contributed by atoms with van der Waals surface area (Å²) in [4.78, 5) is 29.5. The van der Waals surface area contributed by atoms with Gasteiger partial charge in [-0.25, -0.2) is 4.98 Å². The number of aliphatic hydroxyl groups is 1. The number of hydrogen-bond donors (Lipinski definition) is 2. The van der Waals surface area contributed by atoms with Gasteiger partial charge in [-0.15, -0.1) is 0 Å². The predicted molar refractivity (Wildman–Crippen MR) is 156 cm³/mol. The third-order valence-corrected chi connectivity index (χ3v) is 8.55. The van der Waals surface area contributed by atoms with Gasteiger partial charge in [0.15, 0.2) is 0 Å². The van der Waals surface area contributed by atoms with Crippen molar-refractivity contribution in [2.24, 2.45) is 0 Å². The number of rotatable bonds is 6. The molecule has 0 radical (unpaired) electrons. The standard InChI is InChI=1S/C32H38N6O2/c1-20-15-25(16-21(2)34-20)31(40)37-14-13-24(18-37)29-19-38(26-9-11-27(39)12-10-26)30-28(29)17-33-32(36-30)35-22(3)23-7-5-4-6-8-23/h4-8,15-17,19,22,24,26-27,39H,9-14,18H2,1-3H3,(H,33,35,36)/t22-,24?,26?,27?/m0/s1. The number of pyridine rings is 1. The molecule has 8 heteroatoms. The van der Waals surface area contributed by atoms with Crippen LogP contribution < -0.4 is 5.32 Å². The van der Waals surface area contributed by atoms with Gasteiger partial charge in [-0.3, -0.25) is 9.78 Å². The van der Waals surface area contributed by atoms with E-state index in [0.717, 1.165) is 61.1 Å². The zero-order valence-electron chi connectivity index (χ0n) is 23.5. The number of likely N-dealkylation sites (tertiary alicyclic amines) is 1. The van der Waals surface area contributed by atoms with Crippen LogP contribution >= 0.6 is 0 Å². The van der Waals surface area contributed by atoms with E-state index in [-0.39, 0.29) is 30.0 Å². The Labute approximate surface area is 235 Å². The van der Waals surface area contributed by atoms with Gasteiger partial charge < -0.3 is 19.9 Å². The maximum absolute atomic E-state index is 13.4. The van der Waals surface area contributed by atoms with Crippen molar-refractivity contribution in [1.29, 1.82) is 0 Å². The van der Waals surface area contributed by atoms with Gasteiger partial charge in [0.2, 0.25) is 5.95 Å². The first-order valence-corrected chi connectivity index (χ1v) is 14.5. The number of aliphatic hydroxyl groups excluding tert-OH is 1. The van der Waals surface area contributed by atoms with Crippen LogP contribution in [0, 0.1) is 13.8 Å². The van der Waals surface area contributed by atoms with Crippen LogP contribution in [0.5, 0.6) is 0 Å². The summed E-state index contributed by atoms with van der Waals surface area (Å²) >= 11 is 0. The molecule has 2 fully saturated rings. The van der Waals surface area contributed by atoms with E-state index in [9.17, 15) is 9.90 Å². The molecule has 1 aromatic carbocycles. The maximum atomic E-state index is 13.4. The highest BCUT2D eigenvalue weighted by atomic mass is 16.3. The molecular formula is C32H38N6O2. The molecule has 4 heterocycles. The lowest BCUT2D eigenvalue weighted by Gasteiger charge is -2.27. The Morgan fingerprint density at radius 1 is 1.02 bits per heavy atom. The first-order valence-electron chi connectivity index (χ1n) is 14.5. The van der Waals surface area contributed by atoms with Crippen LogP contribution in [0.3, 0.4) is 0 Å². The summed E-state index contributed by atoms with van der Waals surface area (Å²) < 4.78 is 2.32. The summed E-state index contributed by atoms with van der Waals surface area (Å²) in [7, 11) is 0. The Morgan fingerprint density at radius 2 is 1.75 bits per heavy atom. The van der Waals surface area contributed by atoms with Gasteiger partial charge in [-0.2, -0.15) is 4.98 Å². The lowest BCUT2D eigenvalue weighted by atomic mass is 9.93. The Kier molecular flexibility index (Phi) is 7.27. The topological polar surface area (TPSA) is 96.2 Å². The fraction of sp³-hybridized carbons (Fsp3) is 0.438. The summed E-state index contributed by atoms with van der Waals surface area (Å²) in [6.07, 6.45) is 8.35. The highest BCUT2D eigenvalue weighted by molar-refractivity contribution is 5.94. The molecule has 1 amide bonds. The second-order valence-electron chi connectivity index (χ2n) is 11.5. The summed E-state index contributed by atoms with van der Waals surface area (Å²) in [5.41, 5.74) is 5.76. The van der Waals surface area contributed by atoms with Crippen molar-refractivity contribution in [3.8, 4) is 0 Å². The first kappa shape index (κ1) is 26.4. The van der Waals surface area contributed by atoms with Gasteiger partial charge in [-0.1, -0.05) is 30.3 Å². The molecule has 1 saturated heterocycles. The number of hydrogen-bond acceptors (Lipinski definition) is 6. The minimum atomic E-state index is -0.217. The van der Waals surface area contributed by atoms with Gasteiger partial charge in [0.25, 0.3) is 5.91 Å². The Hall–Kier alpha value is -3.78. The SMILES string of the molecule is Cc1cc(C(=O)N2CCC(c3cn(C4CCC(O)CC4)c4nc(N[C@@H](C)c5ccccc5)ncc34)C2)cc(C)n1. The summed E-state index contributed by atoms with van der Waals surface area (Å²) in [6.45, 7) is 7.37. The van der Waals surface area contributed by atoms with Crippen molar-refractivity contribution in [2.75, 3.05) is 18.4 Å². The zero-order valence-corrected chi connectivity index (χ0v) is 23.5. The van der Waals surface area contributed by atoms with Crippen LogP contribution in [0.4, 0.5) is 5.95 Å². The molecule has 0 spiro atoms. The predicted octanol–water partition coefficient (Wildman–Crippen LogP) is 5.72. The lowest BCUT2D eigenvalue weighted by Crippen LogP contribution is -2.28. The van der Waals surface area contributed by atoms with E-state index in [1.54, 1.807) is 0 Å². The van der Waals surface area contributed by atoms with E-state index in [0.29, 0.717) is 18.1 Å². The fourth-order valence-corrected chi connectivity index (χ4v) is 6.42. The van der Waals surface area contributed by atoms with E-state index < -0.39 is 0 Å². The largest absolute Gasteiger partial charge is 0.393 e. The molecule has 208 valence electrons. The van der Waals surface area contributed by atoms with E-state index in [1.807, 2.05) is 55.3 Å². The van der Waals surface area contributed by atoms with Crippen molar-refractivity contribution in [3.05, 3.63) is 82.9 Å². The fourth-order valence-electron chi connectivity index (χ4n) is 6.42. The Morgan fingerprint density at radius 3 is 2.48 bits per heavy atom. The molecular weight excluding hydrogens is 500 g/mol. The highest BCUT2D eigenvalue weighted by Crippen LogP contribution is 2.38. The van der Waals surface area contributed by atoms with Crippen molar-refractivity contribution in [2.45, 2.75) is 77.0 Å². The molecule has 4 aromatic rings. The number of carbonyl (C=O) groups is 1. The second-order valence-corrected chi connectivity index (χ2v) is 11.5. The van der Waals surface area contributed by atoms with Gasteiger partial charge in [-0.05, 0) is 76.1 Å². The highest BCUT2D eigenvalue weighted by Gasteiger charge is 2.32. The molecule has 1 unspecified atom stereocenters. The molecule has 2 atom stereocenters. The summed E-state index contributed by atoms with van der Waals surface area (Å²) in [6, 6.07) is 14.4. The molecule has 1 aliphatic heterocycles. The number of aryl methyl sites for hydroxylation is 2. The number of nitrogens with one attached hydrogen (secondary N) is 1. The molecule has 1 aliphatic carbocycles. The lowest BCUT2D eigenvalue weighted by molar-refractivity contribution is 0.0790. The van der Waals surface area contributed by atoms with Gasteiger partial charge >= 0.3 is 0 Å². The number of benzene rings is 1. The van der Waals surface area contributed by atoms with Crippen LogP contribution in [0.2, 0.25) is 0 Å². The first-order chi connectivity index (χ1) is 19.4. The summed E-state index contributed by atoms with van der Waals surface area (Å²) in [5, 5.41) is 14.7. The van der Waals surface area contributed by atoms with Crippen LogP contribution in [-0.2, 0) is 0 Å². The average Bonchev–Trinajstić information content (AvgIpc) is 3.58. The smallest absolute Gasteiger partial charge is 0.254 e. The molecule has 0 bridgehead atoms. The molecule has 8 nitrogen and oxygen atoms in total. The summed E-state index contributed by atoms with van der Waals surface area (Å²) in [5.74, 6) is 0.896. The van der Waals surface area contributed by atoms with Crippen LogP contribution in [-0.4, -0.2) is 54.6 Å². The molecule has 6 rings (SSSR count). The molecule has 1 saturated carbocycles. The maximum Gasteiger partial charge on any atom is 0.254 e. The van der Waals surface area contributed by atoms with E-state index in [2.05, 4.69) is 40.1 Å². The Balaban J connectivity index is 1.30. The van der Waals surface area contributed by atoms with Crippen LogP contribution in [0.25, 0.3) is 11.0 Å². The minimum absolute atomic E-state index is 0.0683. The van der Waals surface area contributed by atoms with Crippen LogP contribution in [0.1, 0.15) is 89.9 Å². The molecule has 3 aromatic heterocycles. The minimum Gasteiger partial charge on any atom is -0.393 e. The van der Waals surface area contributed by atoms with E-state index in [1.165, 1.54) is 11.1 Å². The van der Waals surface area contributed by atoms with Gasteiger partial charge in [0.1, 0.15) is 5.65 Å². The van der Waals surface area contributed by atoms with Gasteiger partial charge in [0, 0.05) is 59.8 Å². The number of amides is 1. The molecule has 2 aliphatic rings. The zero-order chi connectivity index (χ0) is 27.8. The third kappa shape index (κ3) is 5.32. The van der Waals surface area contributed by atoms with E-state index >= 15 is 0 Å². The van der Waals surface area contributed by atoms with Crippen LogP contribution in [0.15, 0.2) is 54.9 Å². The number of anilines is 1. The van der Waals surface area contributed by atoms with Crippen molar-refractivity contribution in [1.82, 2.24) is 24.4 Å². The average molecular weight is 539 g/mol. The normalized spacial score (nSPS) is 22.0. The van der Waals surface area contributed by atoms with E-state index in [4.69, 9.17) is 9.97 Å². The number of nitrogens with zero attached hydrogens (tertiary/aromatic N) is 5. The van der Waals surface area contributed by atoms with Crippen molar-refractivity contribution in [3.63, 3.8) is 0 Å². The quantitative estimate of drug-likeness (QED) is 0.326.